The van der Waals surface area contributed by atoms with Crippen LogP contribution in [0.1, 0.15) is 26.7 Å². The van der Waals surface area contributed by atoms with Crippen molar-refractivity contribution >= 4 is 0 Å². The van der Waals surface area contributed by atoms with Gasteiger partial charge in [0.1, 0.15) is 0 Å². The molecule has 0 heterocycles. The number of methoxy groups -OCH3 is 2. The predicted molar refractivity (Wildman–Crippen MR) is 72.6 cm³/mol. The molecule has 0 bridgehead atoms. The van der Waals surface area contributed by atoms with Gasteiger partial charge in [-0.3, -0.25) is 4.90 Å². The van der Waals surface area contributed by atoms with E-state index in [0.29, 0.717) is 6.04 Å². The highest BCUT2D eigenvalue weighted by atomic mass is 16.5. The molecule has 104 valence electrons. The topological polar surface area (TPSA) is 33.7 Å². The first-order valence-electron chi connectivity index (χ1n) is 6.68. The van der Waals surface area contributed by atoms with Crippen LogP contribution in [-0.2, 0) is 9.47 Å². The minimum atomic E-state index is 0.550. The molecule has 4 nitrogen and oxygen atoms in total. The standard InChI is InChI=1S/C13H30N2O2/c1-5-7-14-12-13(2)15(9-11-17-4)8-6-10-16-3/h13-14H,5-12H2,1-4H3. The van der Waals surface area contributed by atoms with Gasteiger partial charge in [-0.05, 0) is 26.3 Å². The van der Waals surface area contributed by atoms with Gasteiger partial charge in [0, 0.05) is 46.5 Å². The second kappa shape index (κ2) is 12.3. The number of hydrogen-bond donors (Lipinski definition) is 1. The predicted octanol–water partition coefficient (Wildman–Crippen LogP) is 1.36. The minimum Gasteiger partial charge on any atom is -0.385 e. The molecule has 17 heavy (non-hydrogen) atoms. The Hall–Kier alpha value is -0.160. The van der Waals surface area contributed by atoms with Crippen LogP contribution in [0.15, 0.2) is 0 Å². The van der Waals surface area contributed by atoms with Gasteiger partial charge in [0.15, 0.2) is 0 Å². The average molecular weight is 246 g/mol. The van der Waals surface area contributed by atoms with E-state index in [1.54, 1.807) is 14.2 Å². The van der Waals surface area contributed by atoms with E-state index in [9.17, 15) is 0 Å². The van der Waals surface area contributed by atoms with E-state index in [2.05, 4.69) is 24.1 Å². The maximum absolute atomic E-state index is 5.16. The van der Waals surface area contributed by atoms with E-state index in [1.807, 2.05) is 0 Å². The van der Waals surface area contributed by atoms with E-state index < -0.39 is 0 Å². The van der Waals surface area contributed by atoms with Crippen LogP contribution in [0.4, 0.5) is 0 Å². The molecule has 4 heteroatoms. The van der Waals surface area contributed by atoms with Crippen molar-refractivity contribution in [3.8, 4) is 0 Å². The van der Waals surface area contributed by atoms with Crippen LogP contribution < -0.4 is 5.32 Å². The van der Waals surface area contributed by atoms with E-state index >= 15 is 0 Å². The zero-order chi connectivity index (χ0) is 12.9. The maximum atomic E-state index is 5.16. The molecule has 0 saturated heterocycles. The lowest BCUT2D eigenvalue weighted by molar-refractivity contribution is 0.110. The van der Waals surface area contributed by atoms with Gasteiger partial charge in [0.2, 0.25) is 0 Å². The number of nitrogens with zero attached hydrogens (tertiary/aromatic N) is 1. The van der Waals surface area contributed by atoms with Crippen molar-refractivity contribution in [3.05, 3.63) is 0 Å². The van der Waals surface area contributed by atoms with Crippen molar-refractivity contribution in [2.45, 2.75) is 32.7 Å². The minimum absolute atomic E-state index is 0.550. The van der Waals surface area contributed by atoms with Gasteiger partial charge < -0.3 is 14.8 Å². The summed E-state index contributed by atoms with van der Waals surface area (Å²) in [6, 6.07) is 0.550. The Morgan fingerprint density at radius 2 is 1.82 bits per heavy atom. The zero-order valence-electron chi connectivity index (χ0n) is 12.0. The smallest absolute Gasteiger partial charge is 0.0589 e. The van der Waals surface area contributed by atoms with E-state index in [0.717, 1.165) is 45.8 Å². The molecule has 0 aliphatic rings. The Balaban J connectivity index is 3.86. The molecule has 0 aromatic rings. The maximum Gasteiger partial charge on any atom is 0.0589 e. The summed E-state index contributed by atoms with van der Waals surface area (Å²) >= 11 is 0. The molecule has 0 aromatic heterocycles. The molecule has 0 fully saturated rings. The first-order valence-corrected chi connectivity index (χ1v) is 6.68. The van der Waals surface area contributed by atoms with Crippen molar-refractivity contribution in [2.24, 2.45) is 0 Å². The van der Waals surface area contributed by atoms with Crippen molar-refractivity contribution in [2.75, 3.05) is 53.6 Å². The number of hydrogen-bond acceptors (Lipinski definition) is 4. The van der Waals surface area contributed by atoms with E-state index in [-0.39, 0.29) is 0 Å². The molecular formula is C13H30N2O2. The van der Waals surface area contributed by atoms with Crippen LogP contribution in [0.3, 0.4) is 0 Å². The SMILES string of the molecule is CCCNCC(C)N(CCCOC)CCOC. The number of ether oxygens (including phenoxy) is 2. The van der Waals surface area contributed by atoms with Crippen LogP contribution in [-0.4, -0.2) is 64.6 Å². The molecule has 0 saturated carbocycles. The van der Waals surface area contributed by atoms with Crippen molar-refractivity contribution in [1.29, 1.82) is 0 Å². The first-order chi connectivity index (χ1) is 8.26. The summed E-state index contributed by atoms with van der Waals surface area (Å²) < 4.78 is 10.3. The fourth-order valence-electron chi connectivity index (χ4n) is 1.79. The molecule has 0 rings (SSSR count). The highest BCUT2D eigenvalue weighted by Crippen LogP contribution is 2.00. The molecule has 0 aliphatic carbocycles. The van der Waals surface area contributed by atoms with Gasteiger partial charge in [0.05, 0.1) is 6.61 Å². The summed E-state index contributed by atoms with van der Waals surface area (Å²) in [5.74, 6) is 0. The van der Waals surface area contributed by atoms with Crippen molar-refractivity contribution in [1.82, 2.24) is 10.2 Å². The molecule has 0 aromatic carbocycles. The fourth-order valence-corrected chi connectivity index (χ4v) is 1.79. The highest BCUT2D eigenvalue weighted by Gasteiger charge is 2.12. The molecule has 0 aliphatic heterocycles. The van der Waals surface area contributed by atoms with Gasteiger partial charge in [-0.25, -0.2) is 0 Å². The zero-order valence-corrected chi connectivity index (χ0v) is 12.0. The summed E-state index contributed by atoms with van der Waals surface area (Å²) in [7, 11) is 3.51. The lowest BCUT2D eigenvalue weighted by Gasteiger charge is -2.29. The summed E-state index contributed by atoms with van der Waals surface area (Å²) in [5, 5.41) is 3.47. The molecule has 0 amide bonds. The van der Waals surface area contributed by atoms with Crippen molar-refractivity contribution < 1.29 is 9.47 Å². The molecule has 1 N–H and O–H groups in total. The summed E-state index contributed by atoms with van der Waals surface area (Å²) in [5.41, 5.74) is 0. The third-order valence-corrected chi connectivity index (χ3v) is 2.87. The third kappa shape index (κ3) is 9.53. The van der Waals surface area contributed by atoms with Gasteiger partial charge in [-0.2, -0.15) is 0 Å². The van der Waals surface area contributed by atoms with Gasteiger partial charge >= 0.3 is 0 Å². The quantitative estimate of drug-likeness (QED) is 0.527. The number of nitrogens with one attached hydrogen (secondary N) is 1. The Bertz CT molecular complexity index is 156. The average Bonchev–Trinajstić information content (AvgIpc) is 2.33. The van der Waals surface area contributed by atoms with Crippen LogP contribution in [0, 0.1) is 0 Å². The lowest BCUT2D eigenvalue weighted by Crippen LogP contribution is -2.43. The highest BCUT2D eigenvalue weighted by molar-refractivity contribution is 4.69. The molecular weight excluding hydrogens is 216 g/mol. The molecule has 1 unspecified atom stereocenters. The number of rotatable bonds is 12. The van der Waals surface area contributed by atoms with Crippen LogP contribution >= 0.6 is 0 Å². The van der Waals surface area contributed by atoms with Gasteiger partial charge in [0.25, 0.3) is 0 Å². The first kappa shape index (κ1) is 16.8. The Morgan fingerprint density at radius 3 is 2.41 bits per heavy atom. The normalized spacial score (nSPS) is 13.2. The molecule has 0 spiro atoms. The Labute approximate surface area is 107 Å². The third-order valence-electron chi connectivity index (χ3n) is 2.87. The summed E-state index contributed by atoms with van der Waals surface area (Å²) in [4.78, 5) is 2.46. The summed E-state index contributed by atoms with van der Waals surface area (Å²) in [6.07, 6.45) is 2.27. The second-order valence-corrected chi connectivity index (χ2v) is 4.43. The van der Waals surface area contributed by atoms with Crippen molar-refractivity contribution in [3.63, 3.8) is 0 Å². The van der Waals surface area contributed by atoms with Crippen LogP contribution in [0.5, 0.6) is 0 Å². The second-order valence-electron chi connectivity index (χ2n) is 4.43. The monoisotopic (exact) mass is 246 g/mol. The van der Waals surface area contributed by atoms with Crippen LogP contribution in [0.2, 0.25) is 0 Å². The van der Waals surface area contributed by atoms with E-state index in [1.165, 1.54) is 6.42 Å². The summed E-state index contributed by atoms with van der Waals surface area (Å²) in [6.45, 7) is 10.3. The Kier molecular flexibility index (Phi) is 12.2. The Morgan fingerprint density at radius 1 is 1.12 bits per heavy atom. The molecule has 0 radical (unpaired) electrons. The van der Waals surface area contributed by atoms with Gasteiger partial charge in [-0.1, -0.05) is 6.92 Å². The molecule has 1 atom stereocenters. The lowest BCUT2D eigenvalue weighted by atomic mass is 10.2. The fraction of sp³-hybridized carbons (Fsp3) is 1.00. The van der Waals surface area contributed by atoms with E-state index in [4.69, 9.17) is 9.47 Å². The van der Waals surface area contributed by atoms with Crippen LogP contribution in [0.25, 0.3) is 0 Å². The largest absolute Gasteiger partial charge is 0.385 e. The van der Waals surface area contributed by atoms with Gasteiger partial charge in [-0.15, -0.1) is 0 Å².